The van der Waals surface area contributed by atoms with Crippen molar-refractivity contribution in [2.45, 2.75) is 39.0 Å². The van der Waals surface area contributed by atoms with Crippen LogP contribution in [0.2, 0.25) is 0 Å². The molecule has 1 fully saturated rings. The van der Waals surface area contributed by atoms with Gasteiger partial charge in [0.25, 0.3) is 0 Å². The fourth-order valence-electron chi connectivity index (χ4n) is 2.69. The SMILES string of the molecule is Cc1nccn1Cc1cccc(CNC(=O)[C@@H]2CCCO2)c1. The van der Waals surface area contributed by atoms with Crippen LogP contribution in [0, 0.1) is 6.92 Å². The van der Waals surface area contributed by atoms with Crippen molar-refractivity contribution >= 4 is 5.91 Å². The zero-order valence-electron chi connectivity index (χ0n) is 12.8. The third-order valence-electron chi connectivity index (χ3n) is 3.96. The van der Waals surface area contributed by atoms with Gasteiger partial charge in [0.15, 0.2) is 0 Å². The van der Waals surface area contributed by atoms with E-state index in [1.807, 2.05) is 25.3 Å². The van der Waals surface area contributed by atoms with Crippen LogP contribution >= 0.6 is 0 Å². The maximum absolute atomic E-state index is 12.0. The third-order valence-corrected chi connectivity index (χ3v) is 3.96. The van der Waals surface area contributed by atoms with E-state index >= 15 is 0 Å². The van der Waals surface area contributed by atoms with Crippen molar-refractivity contribution in [3.63, 3.8) is 0 Å². The first-order valence-electron chi connectivity index (χ1n) is 7.67. The molecule has 0 bridgehead atoms. The van der Waals surface area contributed by atoms with E-state index in [1.54, 1.807) is 6.20 Å². The summed E-state index contributed by atoms with van der Waals surface area (Å²) in [6.07, 6.45) is 5.31. The first-order chi connectivity index (χ1) is 10.7. The fourth-order valence-corrected chi connectivity index (χ4v) is 2.69. The second kappa shape index (κ2) is 6.75. The third kappa shape index (κ3) is 3.54. The van der Waals surface area contributed by atoms with Gasteiger partial charge in [-0.15, -0.1) is 0 Å². The van der Waals surface area contributed by atoms with Crippen LogP contribution in [-0.4, -0.2) is 28.2 Å². The summed E-state index contributed by atoms with van der Waals surface area (Å²) in [6.45, 7) is 4.01. The molecule has 2 aromatic rings. The van der Waals surface area contributed by atoms with Crippen LogP contribution in [0.15, 0.2) is 36.7 Å². The van der Waals surface area contributed by atoms with Gasteiger partial charge in [-0.25, -0.2) is 4.98 Å². The lowest BCUT2D eigenvalue weighted by atomic mass is 10.1. The Kier molecular flexibility index (Phi) is 4.53. The van der Waals surface area contributed by atoms with Crippen molar-refractivity contribution in [3.8, 4) is 0 Å². The zero-order valence-corrected chi connectivity index (χ0v) is 12.8. The van der Waals surface area contributed by atoms with Gasteiger partial charge in [0.2, 0.25) is 5.91 Å². The summed E-state index contributed by atoms with van der Waals surface area (Å²) in [5.41, 5.74) is 2.30. The Hall–Kier alpha value is -2.14. The molecule has 0 spiro atoms. The van der Waals surface area contributed by atoms with Crippen molar-refractivity contribution in [1.82, 2.24) is 14.9 Å². The maximum atomic E-state index is 12.0. The molecule has 1 N–H and O–H groups in total. The quantitative estimate of drug-likeness (QED) is 0.919. The molecule has 5 heteroatoms. The number of nitrogens with one attached hydrogen (secondary N) is 1. The Morgan fingerprint density at radius 1 is 1.45 bits per heavy atom. The lowest BCUT2D eigenvalue weighted by molar-refractivity contribution is -0.130. The Balaban J connectivity index is 1.59. The number of nitrogens with zero attached hydrogens (tertiary/aromatic N) is 2. The van der Waals surface area contributed by atoms with Crippen molar-refractivity contribution in [3.05, 3.63) is 53.6 Å². The molecule has 1 saturated heterocycles. The summed E-state index contributed by atoms with van der Waals surface area (Å²) in [7, 11) is 0. The molecule has 0 unspecified atom stereocenters. The molecule has 1 atom stereocenters. The van der Waals surface area contributed by atoms with E-state index in [0.29, 0.717) is 13.2 Å². The highest BCUT2D eigenvalue weighted by Crippen LogP contribution is 2.13. The summed E-state index contributed by atoms with van der Waals surface area (Å²) in [6, 6.07) is 8.26. The van der Waals surface area contributed by atoms with Crippen LogP contribution in [0.3, 0.4) is 0 Å². The monoisotopic (exact) mass is 299 g/mol. The lowest BCUT2D eigenvalue weighted by Crippen LogP contribution is -2.33. The van der Waals surface area contributed by atoms with Crippen molar-refractivity contribution in [2.24, 2.45) is 0 Å². The van der Waals surface area contributed by atoms with E-state index in [4.69, 9.17) is 4.74 Å². The minimum Gasteiger partial charge on any atom is -0.368 e. The number of hydrogen-bond donors (Lipinski definition) is 1. The number of carbonyl (C=O) groups excluding carboxylic acids is 1. The Morgan fingerprint density at radius 3 is 3.05 bits per heavy atom. The molecule has 0 saturated carbocycles. The summed E-state index contributed by atoms with van der Waals surface area (Å²) in [5.74, 6) is 0.991. The Bertz CT molecular complexity index is 645. The summed E-state index contributed by atoms with van der Waals surface area (Å²) in [5, 5.41) is 2.96. The zero-order chi connectivity index (χ0) is 15.4. The first-order valence-corrected chi connectivity index (χ1v) is 7.67. The molecule has 1 aromatic carbocycles. The molecule has 22 heavy (non-hydrogen) atoms. The average molecular weight is 299 g/mol. The second-order valence-electron chi connectivity index (χ2n) is 5.64. The summed E-state index contributed by atoms with van der Waals surface area (Å²) in [4.78, 5) is 16.2. The minimum atomic E-state index is -0.267. The number of imidazole rings is 1. The summed E-state index contributed by atoms with van der Waals surface area (Å²) >= 11 is 0. The van der Waals surface area contributed by atoms with Crippen LogP contribution in [0.1, 0.15) is 29.8 Å². The standard InChI is InChI=1S/C17H21N3O2/c1-13-18-7-8-20(13)12-15-5-2-4-14(10-15)11-19-17(21)16-6-3-9-22-16/h2,4-5,7-8,10,16H,3,6,9,11-12H2,1H3,(H,19,21)/t16-/m0/s1. The molecule has 5 nitrogen and oxygen atoms in total. The van der Waals surface area contributed by atoms with Crippen LogP contribution in [0.5, 0.6) is 0 Å². The molecule has 1 aliphatic rings. The highest BCUT2D eigenvalue weighted by atomic mass is 16.5. The highest BCUT2D eigenvalue weighted by Gasteiger charge is 2.22. The molecule has 116 valence electrons. The van der Waals surface area contributed by atoms with Crippen LogP contribution in [0.4, 0.5) is 0 Å². The van der Waals surface area contributed by atoms with Crippen LogP contribution in [0.25, 0.3) is 0 Å². The number of rotatable bonds is 5. The van der Waals surface area contributed by atoms with Crippen molar-refractivity contribution in [1.29, 1.82) is 0 Å². The second-order valence-corrected chi connectivity index (χ2v) is 5.64. The highest BCUT2D eigenvalue weighted by molar-refractivity contribution is 5.80. The molecular weight excluding hydrogens is 278 g/mol. The molecule has 1 aliphatic heterocycles. The fraction of sp³-hybridized carbons (Fsp3) is 0.412. The van der Waals surface area contributed by atoms with Gasteiger partial charge in [-0.2, -0.15) is 0 Å². The van der Waals surface area contributed by atoms with Gasteiger partial charge in [-0.3, -0.25) is 4.79 Å². The van der Waals surface area contributed by atoms with E-state index in [2.05, 4.69) is 27.0 Å². The van der Waals surface area contributed by atoms with Crippen LogP contribution < -0.4 is 5.32 Å². The number of hydrogen-bond acceptors (Lipinski definition) is 3. The normalized spacial score (nSPS) is 17.6. The Labute approximate surface area is 130 Å². The van der Waals surface area contributed by atoms with Gasteiger partial charge < -0.3 is 14.6 Å². The van der Waals surface area contributed by atoms with E-state index in [1.165, 1.54) is 5.56 Å². The van der Waals surface area contributed by atoms with E-state index in [-0.39, 0.29) is 12.0 Å². The van der Waals surface area contributed by atoms with E-state index in [9.17, 15) is 4.79 Å². The minimum absolute atomic E-state index is 0.00615. The van der Waals surface area contributed by atoms with Gasteiger partial charge in [0.05, 0.1) is 0 Å². The first kappa shape index (κ1) is 14.8. The average Bonchev–Trinajstić information content (AvgIpc) is 3.18. The molecule has 3 rings (SSSR count). The number of ether oxygens (including phenoxy) is 1. The number of aryl methyl sites for hydroxylation is 1. The number of aromatic nitrogens is 2. The molecule has 0 aliphatic carbocycles. The van der Waals surface area contributed by atoms with Gasteiger partial charge in [-0.1, -0.05) is 24.3 Å². The molecule has 1 amide bonds. The number of amides is 1. The van der Waals surface area contributed by atoms with Crippen LogP contribution in [-0.2, 0) is 22.6 Å². The van der Waals surface area contributed by atoms with Gasteiger partial charge in [0, 0.05) is 32.1 Å². The van der Waals surface area contributed by atoms with Crippen molar-refractivity contribution < 1.29 is 9.53 Å². The predicted octanol–water partition coefficient (Wildman–Crippen LogP) is 2.04. The van der Waals surface area contributed by atoms with Crippen molar-refractivity contribution in [2.75, 3.05) is 6.61 Å². The maximum Gasteiger partial charge on any atom is 0.249 e. The van der Waals surface area contributed by atoms with E-state index in [0.717, 1.165) is 30.8 Å². The number of benzene rings is 1. The molecule has 2 heterocycles. The van der Waals surface area contributed by atoms with Gasteiger partial charge in [-0.05, 0) is 30.9 Å². The predicted molar refractivity (Wildman–Crippen MR) is 83.3 cm³/mol. The van der Waals surface area contributed by atoms with E-state index < -0.39 is 0 Å². The number of carbonyl (C=O) groups is 1. The molecular formula is C17H21N3O2. The van der Waals surface area contributed by atoms with Gasteiger partial charge in [0.1, 0.15) is 11.9 Å². The smallest absolute Gasteiger partial charge is 0.249 e. The largest absolute Gasteiger partial charge is 0.368 e. The molecule has 1 aromatic heterocycles. The van der Waals surface area contributed by atoms with Gasteiger partial charge >= 0.3 is 0 Å². The topological polar surface area (TPSA) is 56.2 Å². The molecule has 0 radical (unpaired) electrons. The Morgan fingerprint density at radius 2 is 2.32 bits per heavy atom. The summed E-state index contributed by atoms with van der Waals surface area (Å²) < 4.78 is 7.49. The lowest BCUT2D eigenvalue weighted by Gasteiger charge is -2.11.